The first-order chi connectivity index (χ1) is 14.7. The van der Waals surface area contributed by atoms with Crippen LogP contribution in [0.25, 0.3) is 0 Å². The lowest BCUT2D eigenvalue weighted by atomic mass is 10.1. The average Bonchev–Trinajstić information content (AvgIpc) is 2.98. The van der Waals surface area contributed by atoms with Crippen molar-refractivity contribution in [3.8, 4) is 11.5 Å². The molecule has 0 aromatic heterocycles. The lowest BCUT2D eigenvalue weighted by Crippen LogP contribution is -2.29. The van der Waals surface area contributed by atoms with Gasteiger partial charge >= 0.3 is 7.32 Å². The summed E-state index contributed by atoms with van der Waals surface area (Å²) in [4.78, 5) is 0.164. The van der Waals surface area contributed by atoms with E-state index in [-0.39, 0.29) is 22.4 Å². The highest BCUT2D eigenvalue weighted by atomic mass is 32.2. The van der Waals surface area contributed by atoms with E-state index in [1.54, 1.807) is 48.5 Å². The van der Waals surface area contributed by atoms with E-state index in [1.807, 2.05) is 13.8 Å². The molecule has 0 saturated carbocycles. The van der Waals surface area contributed by atoms with E-state index in [2.05, 4.69) is 9.50 Å². The minimum atomic E-state index is -3.76. The smallest absolute Gasteiger partial charge is 0.509 e. The highest BCUT2D eigenvalue weighted by molar-refractivity contribution is 7.90. The van der Waals surface area contributed by atoms with Crippen molar-refractivity contribution in [1.29, 1.82) is 0 Å². The molecular formula is C20H24BN3O6S. The van der Waals surface area contributed by atoms with Crippen molar-refractivity contribution < 1.29 is 27.9 Å². The van der Waals surface area contributed by atoms with Crippen LogP contribution < -0.4 is 9.39 Å². The van der Waals surface area contributed by atoms with Gasteiger partial charge in [-0.25, -0.2) is 5.01 Å². The Bertz CT molecular complexity index is 1100. The summed E-state index contributed by atoms with van der Waals surface area (Å²) < 4.78 is 39.2. The SMILES string of the molecule is CCOc1cc(/C=N/N(CC(C)C)C2=NS(=O)(=O)c3ccccc32)ccc1OB(O)O. The van der Waals surface area contributed by atoms with Gasteiger partial charge in [0.2, 0.25) is 0 Å². The summed E-state index contributed by atoms with van der Waals surface area (Å²) in [7, 11) is -5.73. The molecule has 0 amide bonds. The second-order valence-corrected chi connectivity index (χ2v) is 8.76. The number of hydrogen-bond donors (Lipinski definition) is 2. The molecule has 1 heterocycles. The van der Waals surface area contributed by atoms with Crippen LogP contribution in [0.1, 0.15) is 31.9 Å². The molecule has 3 rings (SSSR count). The van der Waals surface area contributed by atoms with Gasteiger partial charge in [0.25, 0.3) is 10.0 Å². The summed E-state index contributed by atoms with van der Waals surface area (Å²) in [6.07, 6.45) is 1.56. The van der Waals surface area contributed by atoms with Crippen LogP contribution >= 0.6 is 0 Å². The van der Waals surface area contributed by atoms with E-state index in [1.165, 1.54) is 12.1 Å². The maximum Gasteiger partial charge on any atom is 0.707 e. The fourth-order valence-electron chi connectivity index (χ4n) is 3.03. The molecule has 0 radical (unpaired) electrons. The Labute approximate surface area is 181 Å². The molecule has 9 nitrogen and oxygen atoms in total. The van der Waals surface area contributed by atoms with E-state index in [4.69, 9.17) is 19.4 Å². The highest BCUT2D eigenvalue weighted by Crippen LogP contribution is 2.29. The molecule has 11 heteroatoms. The normalized spacial score (nSPS) is 14.5. The Balaban J connectivity index is 1.95. The fourth-order valence-corrected chi connectivity index (χ4v) is 4.24. The van der Waals surface area contributed by atoms with Gasteiger partial charge in [0.05, 0.1) is 12.8 Å². The Hall–Kier alpha value is -2.89. The number of nitrogens with zero attached hydrogens (tertiary/aromatic N) is 3. The van der Waals surface area contributed by atoms with Crippen molar-refractivity contribution in [3.05, 3.63) is 53.6 Å². The Morgan fingerprint density at radius 2 is 1.94 bits per heavy atom. The zero-order valence-electron chi connectivity index (χ0n) is 17.5. The quantitative estimate of drug-likeness (QED) is 0.362. The predicted octanol–water partition coefficient (Wildman–Crippen LogP) is 1.87. The van der Waals surface area contributed by atoms with Crippen molar-refractivity contribution in [2.45, 2.75) is 25.7 Å². The standard InChI is InChI=1S/C20H24BN3O6S/c1-4-29-18-11-15(9-10-17(18)30-21(25)26)12-22-24(13-14(2)3)20-16-7-5-6-8-19(16)31(27,28)23-20/h5-12,14,25-26H,4,13H2,1-3H3/b22-12+. The molecular weight excluding hydrogens is 421 g/mol. The largest absolute Gasteiger partial charge is 0.707 e. The first-order valence-corrected chi connectivity index (χ1v) is 11.2. The molecule has 0 atom stereocenters. The lowest BCUT2D eigenvalue weighted by molar-refractivity contribution is 0.271. The topological polar surface area (TPSA) is 121 Å². The third kappa shape index (κ3) is 5.43. The van der Waals surface area contributed by atoms with Gasteiger partial charge in [-0.05, 0) is 48.7 Å². The molecule has 1 aliphatic heterocycles. The number of hydrogen-bond acceptors (Lipinski definition) is 8. The van der Waals surface area contributed by atoms with E-state index in [9.17, 15) is 8.42 Å². The zero-order chi connectivity index (χ0) is 22.6. The van der Waals surface area contributed by atoms with Crippen molar-refractivity contribution in [1.82, 2.24) is 5.01 Å². The Morgan fingerprint density at radius 3 is 2.61 bits per heavy atom. The molecule has 0 spiro atoms. The molecule has 0 unspecified atom stereocenters. The molecule has 0 saturated heterocycles. The van der Waals surface area contributed by atoms with Gasteiger partial charge in [-0.15, -0.1) is 4.40 Å². The maximum atomic E-state index is 12.4. The van der Waals surface area contributed by atoms with Crippen molar-refractivity contribution in [2.75, 3.05) is 13.2 Å². The molecule has 2 N–H and O–H groups in total. The Morgan fingerprint density at radius 1 is 1.19 bits per heavy atom. The van der Waals surface area contributed by atoms with Crippen LogP contribution in [0.15, 0.2) is 56.9 Å². The van der Waals surface area contributed by atoms with Crippen LogP contribution in [0.2, 0.25) is 0 Å². The van der Waals surface area contributed by atoms with Crippen molar-refractivity contribution >= 4 is 29.4 Å². The minimum Gasteiger partial charge on any atom is -0.509 e. The molecule has 2 aromatic rings. The van der Waals surface area contributed by atoms with E-state index >= 15 is 0 Å². The molecule has 0 fully saturated rings. The number of amidine groups is 1. The van der Waals surface area contributed by atoms with Gasteiger partial charge in [-0.3, -0.25) is 0 Å². The summed E-state index contributed by atoms with van der Waals surface area (Å²) in [5, 5.41) is 24.2. The average molecular weight is 445 g/mol. The zero-order valence-corrected chi connectivity index (χ0v) is 18.3. The van der Waals surface area contributed by atoms with E-state index < -0.39 is 17.3 Å². The number of ether oxygens (including phenoxy) is 1. The van der Waals surface area contributed by atoms with Crippen LogP contribution in [0, 0.1) is 5.92 Å². The van der Waals surface area contributed by atoms with Crippen LogP contribution in [-0.4, -0.2) is 56.0 Å². The van der Waals surface area contributed by atoms with Gasteiger partial charge in [-0.1, -0.05) is 26.0 Å². The maximum absolute atomic E-state index is 12.4. The van der Waals surface area contributed by atoms with Gasteiger partial charge in [-0.2, -0.15) is 13.5 Å². The monoisotopic (exact) mass is 445 g/mol. The van der Waals surface area contributed by atoms with Gasteiger partial charge in [0.1, 0.15) is 10.6 Å². The van der Waals surface area contributed by atoms with E-state index in [0.29, 0.717) is 30.0 Å². The third-order valence-corrected chi connectivity index (χ3v) is 5.57. The van der Waals surface area contributed by atoms with Crippen molar-refractivity contribution in [3.63, 3.8) is 0 Å². The summed E-state index contributed by atoms with van der Waals surface area (Å²) in [5.74, 6) is 0.958. The summed E-state index contributed by atoms with van der Waals surface area (Å²) in [5.41, 5.74) is 1.16. The number of fused-ring (bicyclic) bond motifs is 1. The van der Waals surface area contributed by atoms with Gasteiger partial charge in [0, 0.05) is 12.1 Å². The summed E-state index contributed by atoms with van der Waals surface area (Å²) in [6, 6.07) is 11.5. The van der Waals surface area contributed by atoms with E-state index in [0.717, 1.165) is 0 Å². The molecule has 2 aromatic carbocycles. The lowest BCUT2D eigenvalue weighted by Gasteiger charge is -2.21. The summed E-state index contributed by atoms with van der Waals surface area (Å²) >= 11 is 0. The second-order valence-electron chi connectivity index (χ2n) is 7.19. The molecule has 31 heavy (non-hydrogen) atoms. The molecule has 164 valence electrons. The first-order valence-electron chi connectivity index (χ1n) is 9.76. The molecule has 0 aliphatic carbocycles. The van der Waals surface area contributed by atoms with Gasteiger partial charge in [0.15, 0.2) is 11.6 Å². The van der Waals surface area contributed by atoms with Gasteiger partial charge < -0.3 is 19.4 Å². The number of sulfonamides is 1. The number of rotatable bonds is 8. The minimum absolute atomic E-state index is 0.164. The Kier molecular flexibility index (Phi) is 6.99. The summed E-state index contributed by atoms with van der Waals surface area (Å²) in [6.45, 7) is 6.59. The predicted molar refractivity (Wildman–Crippen MR) is 118 cm³/mol. The third-order valence-electron chi connectivity index (χ3n) is 4.24. The second kappa shape index (κ2) is 9.50. The molecule has 1 aliphatic rings. The van der Waals surface area contributed by atoms with Crippen LogP contribution in [0.4, 0.5) is 0 Å². The highest BCUT2D eigenvalue weighted by Gasteiger charge is 2.31. The van der Waals surface area contributed by atoms with Crippen LogP contribution in [0.3, 0.4) is 0 Å². The number of hydrazone groups is 1. The van der Waals surface area contributed by atoms with Crippen LogP contribution in [-0.2, 0) is 10.0 Å². The van der Waals surface area contributed by atoms with Crippen LogP contribution in [0.5, 0.6) is 11.5 Å². The molecule has 0 bridgehead atoms. The van der Waals surface area contributed by atoms with Crippen molar-refractivity contribution in [2.24, 2.45) is 15.4 Å². The fraction of sp³-hybridized carbons (Fsp3) is 0.300. The number of benzene rings is 2. The first kappa shape index (κ1) is 22.8.